The maximum atomic E-state index is 9.04. The van der Waals surface area contributed by atoms with Gasteiger partial charge in [0.1, 0.15) is 12.1 Å². The Morgan fingerprint density at radius 3 is 2.76 bits per heavy atom. The van der Waals surface area contributed by atoms with E-state index in [-0.39, 0.29) is 0 Å². The number of hydrogen-bond acceptors (Lipinski definition) is 6. The van der Waals surface area contributed by atoms with Gasteiger partial charge in [-0.3, -0.25) is 4.90 Å². The molecule has 1 saturated heterocycles. The Balaban J connectivity index is 1.61. The summed E-state index contributed by atoms with van der Waals surface area (Å²) in [4.78, 5) is 17.8. The van der Waals surface area contributed by atoms with Crippen LogP contribution in [0.5, 0.6) is 0 Å². The average molecular weight is 443 g/mol. The van der Waals surface area contributed by atoms with Gasteiger partial charge in [0.15, 0.2) is 5.65 Å². The van der Waals surface area contributed by atoms with Crippen molar-refractivity contribution in [2.24, 2.45) is 0 Å². The molecule has 0 unspecified atom stereocenters. The molecule has 0 saturated carbocycles. The van der Waals surface area contributed by atoms with E-state index in [4.69, 9.17) is 10.2 Å². The van der Waals surface area contributed by atoms with Crippen LogP contribution in [0.2, 0.25) is 0 Å². The lowest BCUT2D eigenvalue weighted by atomic mass is 9.95. The van der Waals surface area contributed by atoms with Crippen molar-refractivity contribution in [2.45, 2.75) is 46.6 Å². The van der Waals surface area contributed by atoms with Gasteiger partial charge in [0.2, 0.25) is 0 Å². The number of nitrogens with one attached hydrogen (secondary N) is 1. The monoisotopic (exact) mass is 442 g/mol. The molecule has 1 aliphatic heterocycles. The summed E-state index contributed by atoms with van der Waals surface area (Å²) in [5, 5.41) is 13.4. The second-order valence-electron chi connectivity index (χ2n) is 9.39. The number of H-pyrrole nitrogens is 1. The molecule has 5 heterocycles. The molecule has 8 nitrogen and oxygen atoms in total. The van der Waals surface area contributed by atoms with Crippen LogP contribution >= 0.6 is 0 Å². The second kappa shape index (κ2) is 8.16. The second-order valence-corrected chi connectivity index (χ2v) is 9.39. The number of aromatic nitrogens is 5. The van der Waals surface area contributed by atoms with Crippen LogP contribution in [0.3, 0.4) is 0 Å². The number of pyridine rings is 2. The van der Waals surface area contributed by atoms with Crippen molar-refractivity contribution in [3.05, 3.63) is 41.3 Å². The molecule has 5 rings (SSSR count). The van der Waals surface area contributed by atoms with Crippen molar-refractivity contribution in [2.75, 3.05) is 31.1 Å². The molecule has 0 aliphatic carbocycles. The zero-order chi connectivity index (χ0) is 23.3. The molecule has 33 heavy (non-hydrogen) atoms. The molecule has 0 amide bonds. The number of piperazine rings is 1. The summed E-state index contributed by atoms with van der Waals surface area (Å²) >= 11 is 0. The quantitative estimate of drug-likeness (QED) is 0.480. The number of rotatable bonds is 4. The highest BCUT2D eigenvalue weighted by Crippen LogP contribution is 2.38. The third-order valence-electron chi connectivity index (χ3n) is 6.94. The van der Waals surface area contributed by atoms with Gasteiger partial charge in [0.05, 0.1) is 29.3 Å². The summed E-state index contributed by atoms with van der Waals surface area (Å²) in [6, 6.07) is 6.84. The fourth-order valence-electron chi connectivity index (χ4n) is 5.08. The van der Waals surface area contributed by atoms with Gasteiger partial charge < -0.3 is 9.88 Å². The fourth-order valence-corrected chi connectivity index (χ4v) is 5.08. The maximum Gasteiger partial charge on any atom is 0.158 e. The molecule has 0 bridgehead atoms. The first-order valence-electron chi connectivity index (χ1n) is 11.6. The van der Waals surface area contributed by atoms with Crippen LogP contribution in [0.25, 0.3) is 27.9 Å². The third-order valence-corrected chi connectivity index (χ3v) is 6.94. The molecule has 8 heteroatoms. The van der Waals surface area contributed by atoms with Crippen LogP contribution in [0.15, 0.2) is 24.7 Å². The number of nitriles is 1. The zero-order valence-electron chi connectivity index (χ0n) is 19.9. The number of hydrogen-bond donors (Lipinski definition) is 1. The summed E-state index contributed by atoms with van der Waals surface area (Å²) in [5.41, 5.74) is 8.76. The average Bonchev–Trinajstić information content (AvgIpc) is 3.40. The molecular formula is C25H30N8. The lowest BCUT2D eigenvalue weighted by Crippen LogP contribution is -2.52. The zero-order valence-corrected chi connectivity index (χ0v) is 19.9. The van der Waals surface area contributed by atoms with Crippen molar-refractivity contribution in [3.63, 3.8) is 0 Å². The molecule has 1 N–H and O–H groups in total. The topological polar surface area (TPSA) is 89.1 Å². The van der Waals surface area contributed by atoms with Gasteiger partial charge in [-0.2, -0.15) is 10.4 Å². The van der Waals surface area contributed by atoms with Gasteiger partial charge in [-0.15, -0.1) is 0 Å². The van der Waals surface area contributed by atoms with Crippen molar-refractivity contribution < 1.29 is 0 Å². The highest BCUT2D eigenvalue weighted by atomic mass is 15.3. The molecule has 1 atom stereocenters. The number of nitrogens with zero attached hydrogens (tertiary/aromatic N) is 7. The highest BCUT2D eigenvalue weighted by molar-refractivity contribution is 5.90. The summed E-state index contributed by atoms with van der Waals surface area (Å²) in [7, 11) is 0. The molecular weight excluding hydrogens is 412 g/mol. The molecule has 0 spiro atoms. The predicted molar refractivity (Wildman–Crippen MR) is 130 cm³/mol. The maximum absolute atomic E-state index is 9.04. The van der Waals surface area contributed by atoms with E-state index in [0.29, 0.717) is 18.5 Å². The number of aryl methyl sites for hydroxylation is 1. The van der Waals surface area contributed by atoms with E-state index in [1.807, 2.05) is 4.52 Å². The molecule has 1 fully saturated rings. The Morgan fingerprint density at radius 2 is 2.03 bits per heavy atom. The van der Waals surface area contributed by atoms with Crippen LogP contribution in [-0.4, -0.2) is 61.7 Å². The van der Waals surface area contributed by atoms with Crippen LogP contribution in [0, 0.1) is 25.2 Å². The Bertz CT molecular complexity index is 1370. The summed E-state index contributed by atoms with van der Waals surface area (Å²) < 4.78 is 1.86. The van der Waals surface area contributed by atoms with Gasteiger partial charge in [-0.25, -0.2) is 14.5 Å². The van der Waals surface area contributed by atoms with Crippen molar-refractivity contribution >= 4 is 22.5 Å². The van der Waals surface area contributed by atoms with Gasteiger partial charge in [0, 0.05) is 43.0 Å². The lowest BCUT2D eigenvalue weighted by molar-refractivity contribution is 0.253. The lowest BCUT2D eigenvalue weighted by Gasteiger charge is -2.39. The van der Waals surface area contributed by atoms with E-state index in [0.717, 1.165) is 59.0 Å². The van der Waals surface area contributed by atoms with Crippen LogP contribution in [-0.2, 0) is 0 Å². The number of fused-ring (bicyclic) bond motifs is 2. The first-order valence-corrected chi connectivity index (χ1v) is 11.6. The summed E-state index contributed by atoms with van der Waals surface area (Å²) in [5.74, 6) is 1.30. The van der Waals surface area contributed by atoms with E-state index in [2.05, 4.69) is 83.9 Å². The molecule has 0 aromatic carbocycles. The third kappa shape index (κ3) is 3.53. The van der Waals surface area contributed by atoms with Gasteiger partial charge >= 0.3 is 0 Å². The molecule has 0 radical (unpaired) electrons. The van der Waals surface area contributed by atoms with E-state index < -0.39 is 0 Å². The Kier molecular flexibility index (Phi) is 5.29. The molecule has 4 aromatic rings. The molecule has 4 aromatic heterocycles. The van der Waals surface area contributed by atoms with E-state index in [9.17, 15) is 0 Å². The highest BCUT2D eigenvalue weighted by Gasteiger charge is 2.26. The predicted octanol–water partition coefficient (Wildman–Crippen LogP) is 4.05. The van der Waals surface area contributed by atoms with Crippen molar-refractivity contribution in [1.82, 2.24) is 29.5 Å². The van der Waals surface area contributed by atoms with Gasteiger partial charge in [-0.1, -0.05) is 13.8 Å². The first kappa shape index (κ1) is 21.4. The smallest absolute Gasteiger partial charge is 0.158 e. The van der Waals surface area contributed by atoms with Gasteiger partial charge in [0.25, 0.3) is 0 Å². The Morgan fingerprint density at radius 1 is 1.21 bits per heavy atom. The Labute approximate surface area is 193 Å². The van der Waals surface area contributed by atoms with E-state index in [1.165, 1.54) is 11.1 Å². The normalized spacial score (nSPS) is 17.4. The SMILES string of the molecule is Cc1c(-c2[nH]c3ccc(N4CCN(CC#N)C[C@@H]4C)nc3c2C(C)C)cn2ncnc2c1C. The first-order chi connectivity index (χ1) is 15.9. The van der Waals surface area contributed by atoms with E-state index >= 15 is 0 Å². The number of anilines is 1. The minimum absolute atomic E-state index is 0.299. The minimum atomic E-state index is 0.299. The summed E-state index contributed by atoms with van der Waals surface area (Å²) in [6.45, 7) is 14.0. The van der Waals surface area contributed by atoms with Crippen LogP contribution < -0.4 is 4.90 Å². The fraction of sp³-hybridized carbons (Fsp3) is 0.440. The molecule has 1 aliphatic rings. The van der Waals surface area contributed by atoms with Crippen LogP contribution in [0.4, 0.5) is 5.82 Å². The minimum Gasteiger partial charge on any atom is -0.353 e. The Hall–Kier alpha value is -3.44. The summed E-state index contributed by atoms with van der Waals surface area (Å²) in [6.07, 6.45) is 3.67. The van der Waals surface area contributed by atoms with Crippen molar-refractivity contribution in [3.8, 4) is 17.3 Å². The van der Waals surface area contributed by atoms with Gasteiger partial charge in [-0.05, 0) is 49.9 Å². The van der Waals surface area contributed by atoms with Crippen molar-refractivity contribution in [1.29, 1.82) is 5.26 Å². The number of aromatic amines is 1. The standard InChI is InChI=1S/C25H30N8/c1-15(2)22-23(19-13-33-25(27-14-28-33)18(5)17(19)4)29-20-6-7-21(30-24(20)22)32-11-10-31(9-8-26)12-16(32)3/h6-7,13-16,29H,9-12H2,1-5H3/t16-/m0/s1. The van der Waals surface area contributed by atoms with E-state index in [1.54, 1.807) is 6.33 Å². The molecule has 170 valence electrons. The largest absolute Gasteiger partial charge is 0.353 e. The van der Waals surface area contributed by atoms with Crippen LogP contribution in [0.1, 0.15) is 43.4 Å².